The summed E-state index contributed by atoms with van der Waals surface area (Å²) in [4.78, 5) is 40.9. The second-order valence-corrected chi connectivity index (χ2v) is 9.42. The lowest BCUT2D eigenvalue weighted by atomic mass is 9.94. The molecule has 2 unspecified atom stereocenters. The summed E-state index contributed by atoms with van der Waals surface area (Å²) in [5, 5.41) is 15.5. The topological polar surface area (TPSA) is 98.7 Å². The predicted molar refractivity (Wildman–Crippen MR) is 134 cm³/mol. The molecule has 0 radical (unpaired) electrons. The number of likely N-dealkylation sites (N-methyl/N-ethyl adjacent to an activating group) is 1. The highest BCUT2D eigenvalue weighted by Crippen LogP contribution is 2.40. The number of carbonyl (C=O) groups is 3. The number of nitrogens with one attached hydrogen (secondary N) is 2. The lowest BCUT2D eigenvalue weighted by Gasteiger charge is -2.27. The smallest absolute Gasteiger partial charge is 0.254 e. The number of hydrogen-bond donors (Lipinski definition) is 3. The molecule has 3 amide bonds. The molecule has 4 rings (SSSR count). The van der Waals surface area contributed by atoms with Crippen molar-refractivity contribution in [1.82, 2.24) is 10.6 Å². The maximum Gasteiger partial charge on any atom is 0.254 e. The van der Waals surface area contributed by atoms with Crippen molar-refractivity contribution < 1.29 is 32.7 Å². The molecule has 0 fully saturated rings. The summed E-state index contributed by atoms with van der Waals surface area (Å²) in [7, 11) is 1.51. The Bertz CT molecular complexity index is 1390. The molecule has 38 heavy (non-hydrogen) atoms. The van der Waals surface area contributed by atoms with E-state index in [2.05, 4.69) is 10.6 Å². The van der Waals surface area contributed by atoms with Crippen LogP contribution in [-0.4, -0.2) is 35.9 Å². The number of rotatable bonds is 6. The third-order valence-electron chi connectivity index (χ3n) is 6.44. The third kappa shape index (κ3) is 5.26. The highest BCUT2D eigenvalue weighted by Gasteiger charge is 2.36. The minimum Gasteiger partial charge on any atom is -0.378 e. The quantitative estimate of drug-likeness (QED) is 0.456. The van der Waals surface area contributed by atoms with Gasteiger partial charge in [-0.25, -0.2) is 13.2 Å². The highest BCUT2D eigenvalue weighted by atomic mass is 19.1. The van der Waals surface area contributed by atoms with Crippen LogP contribution in [0.4, 0.5) is 18.9 Å². The number of aliphatic hydroxyl groups is 1. The molecule has 1 aliphatic heterocycles. The number of aliphatic hydroxyl groups excluding tert-OH is 1. The van der Waals surface area contributed by atoms with Crippen LogP contribution in [0.1, 0.15) is 37.1 Å². The van der Waals surface area contributed by atoms with Gasteiger partial charge in [0.15, 0.2) is 6.10 Å². The highest BCUT2D eigenvalue weighted by molar-refractivity contribution is 6.06. The Morgan fingerprint density at radius 3 is 2.21 bits per heavy atom. The van der Waals surface area contributed by atoms with Crippen LogP contribution in [-0.2, 0) is 14.4 Å². The molecule has 0 bridgehead atoms. The summed E-state index contributed by atoms with van der Waals surface area (Å²) in [6.45, 7) is 3.29. The number of fused-ring (bicyclic) bond motifs is 3. The fraction of sp³-hybridized carbons (Fsp3) is 0.250. The van der Waals surface area contributed by atoms with Crippen LogP contribution in [0.25, 0.3) is 11.1 Å². The van der Waals surface area contributed by atoms with E-state index >= 15 is 0 Å². The number of hydrogen-bond acceptors (Lipinski definition) is 4. The minimum atomic E-state index is -1.94. The third-order valence-corrected chi connectivity index (χ3v) is 6.44. The van der Waals surface area contributed by atoms with Gasteiger partial charge in [0.2, 0.25) is 5.91 Å². The summed E-state index contributed by atoms with van der Waals surface area (Å²) in [6.07, 6.45) is -1.94. The Hall–Kier alpha value is -4.18. The Kier molecular flexibility index (Phi) is 7.54. The summed E-state index contributed by atoms with van der Waals surface area (Å²) in [5.41, 5.74) is 1.61. The van der Waals surface area contributed by atoms with Crippen molar-refractivity contribution in [2.45, 2.75) is 32.0 Å². The van der Waals surface area contributed by atoms with Gasteiger partial charge in [-0.15, -0.1) is 0 Å². The van der Waals surface area contributed by atoms with Crippen LogP contribution in [0.2, 0.25) is 0 Å². The molecule has 7 nitrogen and oxygen atoms in total. The van der Waals surface area contributed by atoms with Crippen molar-refractivity contribution in [1.29, 1.82) is 0 Å². The molecule has 3 aromatic carbocycles. The number of halogens is 3. The van der Waals surface area contributed by atoms with Crippen molar-refractivity contribution in [2.75, 3.05) is 11.9 Å². The maximum absolute atomic E-state index is 14.1. The molecule has 3 N–H and O–H groups in total. The molecule has 0 saturated carbocycles. The monoisotopic (exact) mass is 525 g/mol. The molecule has 3 atom stereocenters. The van der Waals surface area contributed by atoms with Gasteiger partial charge in [0.05, 0.1) is 5.69 Å². The van der Waals surface area contributed by atoms with Gasteiger partial charge >= 0.3 is 0 Å². The minimum absolute atomic E-state index is 0.317. The van der Waals surface area contributed by atoms with Gasteiger partial charge in [0, 0.05) is 18.7 Å². The van der Waals surface area contributed by atoms with Crippen LogP contribution in [0.15, 0.2) is 60.7 Å². The Balaban J connectivity index is 1.62. The van der Waals surface area contributed by atoms with Crippen molar-refractivity contribution in [3.8, 4) is 11.1 Å². The van der Waals surface area contributed by atoms with Crippen molar-refractivity contribution >= 4 is 23.4 Å². The Morgan fingerprint density at radius 1 is 0.895 bits per heavy atom. The van der Waals surface area contributed by atoms with E-state index in [1.54, 1.807) is 38.1 Å². The van der Waals surface area contributed by atoms with E-state index in [0.717, 1.165) is 12.1 Å². The average Bonchev–Trinajstić information content (AvgIpc) is 2.95. The first-order chi connectivity index (χ1) is 18.0. The first kappa shape index (κ1) is 26.9. The van der Waals surface area contributed by atoms with E-state index in [9.17, 15) is 32.7 Å². The number of benzene rings is 3. The number of amides is 3. The number of anilines is 1. The van der Waals surface area contributed by atoms with Gasteiger partial charge in [-0.3, -0.25) is 14.4 Å². The van der Waals surface area contributed by atoms with Crippen LogP contribution in [0.3, 0.4) is 0 Å². The molecule has 0 aromatic heterocycles. The Morgan fingerprint density at radius 2 is 1.55 bits per heavy atom. The summed E-state index contributed by atoms with van der Waals surface area (Å²) >= 11 is 0. The second-order valence-electron chi connectivity index (χ2n) is 9.42. The average molecular weight is 526 g/mol. The van der Waals surface area contributed by atoms with Crippen LogP contribution >= 0.6 is 0 Å². The number of carbonyl (C=O) groups excluding carboxylic acids is 3. The Labute approximate surface area is 217 Å². The number of nitrogens with zero attached hydrogens (tertiary/aromatic N) is 1. The molecule has 3 aromatic rings. The fourth-order valence-corrected chi connectivity index (χ4v) is 4.48. The zero-order chi connectivity index (χ0) is 27.7. The van der Waals surface area contributed by atoms with E-state index in [4.69, 9.17) is 0 Å². The molecular weight excluding hydrogens is 499 g/mol. The zero-order valence-corrected chi connectivity index (χ0v) is 20.8. The molecule has 10 heteroatoms. The second kappa shape index (κ2) is 10.7. The molecule has 1 heterocycles. The SMILES string of the molecule is CC(C)[C@H](NC(=O)C(O)c1cc(F)cc(F)c1)C(=O)NC1C(=O)N(C)c2ccc(F)cc2-c2ccccc21. The van der Waals surface area contributed by atoms with E-state index in [1.165, 1.54) is 30.1 Å². The fourth-order valence-electron chi connectivity index (χ4n) is 4.48. The molecule has 1 aliphatic rings. The van der Waals surface area contributed by atoms with E-state index in [1.807, 2.05) is 0 Å². The molecular formula is C28H26F3N3O4. The van der Waals surface area contributed by atoms with E-state index in [0.29, 0.717) is 28.4 Å². The molecule has 0 saturated heterocycles. The van der Waals surface area contributed by atoms with Crippen molar-refractivity contribution in [2.24, 2.45) is 5.92 Å². The van der Waals surface area contributed by atoms with Crippen LogP contribution < -0.4 is 15.5 Å². The normalized spacial score (nSPS) is 16.3. The van der Waals surface area contributed by atoms with Crippen molar-refractivity contribution in [3.05, 3.63) is 89.2 Å². The molecule has 198 valence electrons. The van der Waals surface area contributed by atoms with E-state index in [-0.39, 0.29) is 5.56 Å². The summed E-state index contributed by atoms with van der Waals surface area (Å²) in [5.74, 6) is -5.17. The van der Waals surface area contributed by atoms with Crippen molar-refractivity contribution in [3.63, 3.8) is 0 Å². The first-order valence-corrected chi connectivity index (χ1v) is 11.9. The maximum atomic E-state index is 14.1. The largest absolute Gasteiger partial charge is 0.378 e. The molecule has 0 aliphatic carbocycles. The summed E-state index contributed by atoms with van der Waals surface area (Å²) in [6, 6.07) is 10.7. The van der Waals surface area contributed by atoms with Crippen LogP contribution in [0.5, 0.6) is 0 Å². The zero-order valence-electron chi connectivity index (χ0n) is 20.8. The first-order valence-electron chi connectivity index (χ1n) is 11.9. The summed E-state index contributed by atoms with van der Waals surface area (Å²) < 4.78 is 41.3. The van der Waals surface area contributed by atoms with E-state index < -0.39 is 59.3 Å². The lowest BCUT2D eigenvalue weighted by molar-refractivity contribution is -0.136. The standard InChI is InChI=1S/C28H26F3N3O4/c1-14(2)23(32-27(37)25(35)15-10-17(30)12-18(31)11-15)26(36)33-24-20-7-5-4-6-19(20)21-13-16(29)8-9-22(21)34(3)28(24)38/h4-14,23-25,35H,1-3H3,(H,32,37)(H,33,36)/t23-,24?,25?/m0/s1. The van der Waals surface area contributed by atoms with Gasteiger partial charge in [0.1, 0.15) is 29.5 Å². The predicted octanol–water partition coefficient (Wildman–Crippen LogP) is 3.78. The molecule has 0 spiro atoms. The van der Waals surface area contributed by atoms with Gasteiger partial charge in [-0.1, -0.05) is 38.1 Å². The van der Waals surface area contributed by atoms with Crippen LogP contribution in [0, 0.1) is 23.4 Å². The lowest BCUT2D eigenvalue weighted by Crippen LogP contribution is -2.53. The van der Waals surface area contributed by atoms with Gasteiger partial charge in [-0.2, -0.15) is 0 Å². The van der Waals surface area contributed by atoms with Gasteiger partial charge in [-0.05, 0) is 52.9 Å². The van der Waals surface area contributed by atoms with Gasteiger partial charge < -0.3 is 20.6 Å². The van der Waals surface area contributed by atoms with Gasteiger partial charge in [0.25, 0.3) is 11.8 Å².